The first-order chi connectivity index (χ1) is 13.9. The number of carbonyl (C=O) groups excluding carboxylic acids is 2. The van der Waals surface area contributed by atoms with Crippen LogP contribution in [0.15, 0.2) is 53.7 Å². The van der Waals surface area contributed by atoms with Crippen LogP contribution in [-0.2, 0) is 14.3 Å². The summed E-state index contributed by atoms with van der Waals surface area (Å²) >= 11 is 12.8. The van der Waals surface area contributed by atoms with Gasteiger partial charge in [0.05, 0.1) is 34.6 Å². The van der Waals surface area contributed by atoms with Crippen LogP contribution in [0.25, 0.3) is 0 Å². The fraction of sp³-hybridized carbons (Fsp3) is 0.273. The zero-order valence-corrected chi connectivity index (χ0v) is 17.5. The van der Waals surface area contributed by atoms with E-state index < -0.39 is 17.9 Å². The molecule has 0 saturated heterocycles. The van der Waals surface area contributed by atoms with E-state index in [2.05, 4.69) is 10.6 Å². The molecule has 0 fully saturated rings. The van der Waals surface area contributed by atoms with E-state index in [1.165, 1.54) is 7.11 Å². The van der Waals surface area contributed by atoms with Crippen molar-refractivity contribution in [2.24, 2.45) is 11.8 Å². The molecule has 5 nitrogen and oxygen atoms in total. The molecule has 7 heteroatoms. The number of methoxy groups -OCH3 is 1. The number of benzene rings is 2. The SMILES string of the molecule is COC(=O)[C@H]1C(=O)C2=C(C[C@H]1C)Nc1ccccc1N[C@H]2c1cccc(Cl)c1Cl. The molecule has 29 heavy (non-hydrogen) atoms. The van der Waals surface area contributed by atoms with Crippen molar-refractivity contribution in [3.05, 3.63) is 69.3 Å². The summed E-state index contributed by atoms with van der Waals surface area (Å²) in [5.41, 5.74) is 3.63. The van der Waals surface area contributed by atoms with Gasteiger partial charge in [-0.05, 0) is 36.1 Å². The molecule has 1 heterocycles. The van der Waals surface area contributed by atoms with Crippen molar-refractivity contribution < 1.29 is 14.3 Å². The Morgan fingerprint density at radius 2 is 1.83 bits per heavy atom. The average Bonchev–Trinajstić information content (AvgIpc) is 2.86. The lowest BCUT2D eigenvalue weighted by Crippen LogP contribution is -2.39. The van der Waals surface area contributed by atoms with E-state index in [1.54, 1.807) is 12.1 Å². The van der Waals surface area contributed by atoms with Crippen molar-refractivity contribution in [3.63, 3.8) is 0 Å². The number of ketones is 1. The van der Waals surface area contributed by atoms with E-state index in [9.17, 15) is 9.59 Å². The standard InChI is InChI=1S/C22H20Cl2N2O3/c1-11-10-16-18(21(27)17(11)22(28)29-2)20(12-6-5-7-13(23)19(12)24)26-15-9-4-3-8-14(15)25-16/h3-9,11,17,20,25-26H,10H2,1-2H3/t11-,17-,20+/m1/s1. The molecule has 2 N–H and O–H groups in total. The van der Waals surface area contributed by atoms with E-state index in [0.29, 0.717) is 27.6 Å². The van der Waals surface area contributed by atoms with Crippen molar-refractivity contribution >= 4 is 46.3 Å². The van der Waals surface area contributed by atoms with Gasteiger partial charge in [0.25, 0.3) is 0 Å². The van der Waals surface area contributed by atoms with Crippen molar-refractivity contribution in [3.8, 4) is 0 Å². The maximum atomic E-state index is 13.5. The van der Waals surface area contributed by atoms with Gasteiger partial charge in [-0.25, -0.2) is 0 Å². The van der Waals surface area contributed by atoms with E-state index >= 15 is 0 Å². The average molecular weight is 431 g/mol. The summed E-state index contributed by atoms with van der Waals surface area (Å²) in [6, 6.07) is 12.5. The molecule has 1 aliphatic carbocycles. The number of allylic oxidation sites excluding steroid dienone is 1. The van der Waals surface area contributed by atoms with Crippen LogP contribution in [0.2, 0.25) is 10.0 Å². The molecule has 2 aromatic rings. The summed E-state index contributed by atoms with van der Waals surface area (Å²) in [5.74, 6) is -1.84. The number of esters is 1. The van der Waals surface area contributed by atoms with Crippen molar-refractivity contribution in [2.75, 3.05) is 17.7 Å². The Morgan fingerprint density at radius 3 is 2.55 bits per heavy atom. The van der Waals surface area contributed by atoms with Gasteiger partial charge in [-0.1, -0.05) is 54.4 Å². The summed E-state index contributed by atoms with van der Waals surface area (Å²) in [6.45, 7) is 1.89. The number of rotatable bonds is 2. The maximum Gasteiger partial charge on any atom is 0.316 e. The first kappa shape index (κ1) is 19.8. The monoisotopic (exact) mass is 430 g/mol. The molecule has 2 aromatic carbocycles. The lowest BCUT2D eigenvalue weighted by molar-refractivity contribution is -0.151. The molecule has 0 bridgehead atoms. The van der Waals surface area contributed by atoms with Crippen LogP contribution in [0.4, 0.5) is 11.4 Å². The number of hydrogen-bond acceptors (Lipinski definition) is 5. The number of para-hydroxylation sites is 2. The molecule has 0 saturated carbocycles. The van der Waals surface area contributed by atoms with Crippen LogP contribution in [0, 0.1) is 11.8 Å². The lowest BCUT2D eigenvalue weighted by atomic mass is 9.75. The largest absolute Gasteiger partial charge is 0.468 e. The quantitative estimate of drug-likeness (QED) is 0.504. The van der Waals surface area contributed by atoms with E-state index in [0.717, 1.165) is 17.1 Å². The van der Waals surface area contributed by atoms with Crippen LogP contribution in [-0.4, -0.2) is 18.9 Å². The summed E-state index contributed by atoms with van der Waals surface area (Å²) in [4.78, 5) is 25.9. The van der Waals surface area contributed by atoms with E-state index in [-0.39, 0.29) is 11.7 Å². The highest BCUT2D eigenvalue weighted by Crippen LogP contribution is 2.45. The van der Waals surface area contributed by atoms with E-state index in [1.807, 2.05) is 37.3 Å². The second-order valence-electron chi connectivity index (χ2n) is 7.33. The van der Waals surface area contributed by atoms with Crippen LogP contribution in [0.3, 0.4) is 0 Å². The second-order valence-corrected chi connectivity index (χ2v) is 8.11. The highest BCUT2D eigenvalue weighted by Gasteiger charge is 2.44. The number of anilines is 2. The number of fused-ring (bicyclic) bond motifs is 1. The molecule has 3 atom stereocenters. The summed E-state index contributed by atoms with van der Waals surface area (Å²) in [6.07, 6.45) is 0.533. The van der Waals surface area contributed by atoms with E-state index in [4.69, 9.17) is 27.9 Å². The Bertz CT molecular complexity index is 1030. The summed E-state index contributed by atoms with van der Waals surface area (Å²) in [7, 11) is 1.30. The Kier molecular flexibility index (Phi) is 5.28. The minimum Gasteiger partial charge on any atom is -0.468 e. The molecule has 0 unspecified atom stereocenters. The van der Waals surface area contributed by atoms with Gasteiger partial charge in [0.2, 0.25) is 0 Å². The zero-order chi connectivity index (χ0) is 20.7. The van der Waals surface area contributed by atoms with Crippen LogP contribution in [0.5, 0.6) is 0 Å². The minimum atomic E-state index is -0.857. The molecule has 4 rings (SSSR count). The molecule has 1 aliphatic heterocycles. The molecule has 0 amide bonds. The van der Waals surface area contributed by atoms with Gasteiger partial charge in [0.15, 0.2) is 5.78 Å². The Morgan fingerprint density at radius 1 is 1.10 bits per heavy atom. The van der Waals surface area contributed by atoms with Crippen molar-refractivity contribution in [1.29, 1.82) is 0 Å². The number of carbonyl (C=O) groups is 2. The third-order valence-electron chi connectivity index (χ3n) is 5.52. The molecule has 0 aromatic heterocycles. The van der Waals surface area contributed by atoms with Gasteiger partial charge in [0, 0.05) is 11.3 Å². The van der Waals surface area contributed by atoms with Crippen LogP contribution in [0.1, 0.15) is 24.9 Å². The molecular weight excluding hydrogens is 411 g/mol. The highest BCUT2D eigenvalue weighted by molar-refractivity contribution is 6.42. The predicted molar refractivity (Wildman–Crippen MR) is 114 cm³/mol. The van der Waals surface area contributed by atoms with Gasteiger partial charge >= 0.3 is 5.97 Å². The smallest absolute Gasteiger partial charge is 0.316 e. The number of halogens is 2. The molecule has 0 radical (unpaired) electrons. The molecule has 150 valence electrons. The Labute approximate surface area is 179 Å². The van der Waals surface area contributed by atoms with Gasteiger partial charge in [-0.2, -0.15) is 0 Å². The minimum absolute atomic E-state index is 0.193. The van der Waals surface area contributed by atoms with Gasteiger partial charge < -0.3 is 15.4 Å². The van der Waals surface area contributed by atoms with Gasteiger partial charge in [-0.3, -0.25) is 9.59 Å². The lowest BCUT2D eigenvalue weighted by Gasteiger charge is -2.32. The zero-order valence-electron chi connectivity index (χ0n) is 16.0. The van der Waals surface area contributed by atoms with Crippen LogP contribution >= 0.6 is 23.2 Å². The first-order valence-electron chi connectivity index (χ1n) is 9.34. The summed E-state index contributed by atoms with van der Waals surface area (Å²) in [5, 5.41) is 7.61. The number of hydrogen-bond donors (Lipinski definition) is 2. The predicted octanol–water partition coefficient (Wildman–Crippen LogP) is 5.22. The number of nitrogens with one attached hydrogen (secondary N) is 2. The topological polar surface area (TPSA) is 67.4 Å². The fourth-order valence-corrected chi connectivity index (χ4v) is 4.53. The molecule has 2 aliphatic rings. The summed E-state index contributed by atoms with van der Waals surface area (Å²) < 4.78 is 4.92. The van der Waals surface area contributed by atoms with Crippen molar-refractivity contribution in [2.45, 2.75) is 19.4 Å². The Balaban J connectivity index is 1.92. The Hall–Kier alpha value is -2.50. The third-order valence-corrected chi connectivity index (χ3v) is 6.35. The van der Waals surface area contributed by atoms with Crippen LogP contribution < -0.4 is 10.6 Å². The fourth-order valence-electron chi connectivity index (χ4n) is 4.11. The molecular formula is C22H20Cl2N2O3. The van der Waals surface area contributed by atoms with Crippen molar-refractivity contribution in [1.82, 2.24) is 0 Å². The number of Topliss-reactive ketones (excluding diaryl/α,β-unsaturated/α-hetero) is 1. The second kappa shape index (κ2) is 7.73. The van der Waals surface area contributed by atoms with Gasteiger partial charge in [-0.15, -0.1) is 0 Å². The number of ether oxygens (including phenoxy) is 1. The third kappa shape index (κ3) is 3.38. The first-order valence-corrected chi connectivity index (χ1v) is 10.1. The molecule has 0 spiro atoms. The normalized spacial score (nSPS) is 23.3. The maximum absolute atomic E-state index is 13.5. The highest BCUT2D eigenvalue weighted by atomic mass is 35.5. The van der Waals surface area contributed by atoms with Gasteiger partial charge in [0.1, 0.15) is 5.92 Å².